The van der Waals surface area contributed by atoms with Crippen molar-refractivity contribution < 1.29 is 5.11 Å². The third-order valence-corrected chi connectivity index (χ3v) is 4.70. The summed E-state index contributed by atoms with van der Waals surface area (Å²) in [4.78, 5) is 0.970. The van der Waals surface area contributed by atoms with E-state index in [-0.39, 0.29) is 0 Å². The zero-order valence-corrected chi connectivity index (χ0v) is 12.4. The van der Waals surface area contributed by atoms with E-state index < -0.39 is 0 Å². The van der Waals surface area contributed by atoms with Crippen LogP contribution in [0.3, 0.4) is 0 Å². The van der Waals surface area contributed by atoms with Crippen molar-refractivity contribution in [2.45, 2.75) is 17.2 Å². The average molecular weight is 285 g/mol. The fraction of sp³-hybridized carbons (Fsp3) is 0.294. The highest BCUT2D eigenvalue weighted by Crippen LogP contribution is 2.36. The maximum Gasteiger partial charge on any atom is 0.129 e. The Balaban J connectivity index is 2.09. The van der Waals surface area contributed by atoms with E-state index in [0.29, 0.717) is 11.7 Å². The standard InChI is InChI=1S/C17H19NOS/c1-20-17-9-13-7-8-18-11-15(14(13)10-16(17)19)12-5-3-2-4-6-12/h2-6,9-10,15,18-19H,7-8,11H2,1H3. The predicted octanol–water partition coefficient (Wildman–Crippen LogP) is 3.39. The van der Waals surface area contributed by atoms with Crippen molar-refractivity contribution in [3.05, 3.63) is 59.2 Å². The molecule has 1 heterocycles. The van der Waals surface area contributed by atoms with Crippen LogP contribution in [0.4, 0.5) is 0 Å². The lowest BCUT2D eigenvalue weighted by atomic mass is 9.88. The number of fused-ring (bicyclic) bond motifs is 1. The molecule has 0 radical (unpaired) electrons. The van der Waals surface area contributed by atoms with Crippen LogP contribution >= 0.6 is 11.8 Å². The van der Waals surface area contributed by atoms with E-state index in [2.05, 4.69) is 35.6 Å². The number of phenolic OH excluding ortho intramolecular Hbond substituents is 1. The summed E-state index contributed by atoms with van der Waals surface area (Å²) in [5, 5.41) is 13.7. The summed E-state index contributed by atoms with van der Waals surface area (Å²) in [6.45, 7) is 1.92. The summed E-state index contributed by atoms with van der Waals surface area (Å²) in [6, 6.07) is 14.7. The molecule has 2 nitrogen and oxygen atoms in total. The Morgan fingerprint density at radius 2 is 2.00 bits per heavy atom. The first-order valence-corrected chi connectivity index (χ1v) is 8.17. The van der Waals surface area contributed by atoms with Gasteiger partial charge in [0.25, 0.3) is 0 Å². The Hall–Kier alpha value is -1.45. The summed E-state index contributed by atoms with van der Waals surface area (Å²) in [5.74, 6) is 0.717. The molecule has 0 bridgehead atoms. The van der Waals surface area contributed by atoms with Gasteiger partial charge in [0.2, 0.25) is 0 Å². The molecule has 0 saturated carbocycles. The number of nitrogens with one attached hydrogen (secondary N) is 1. The van der Waals surface area contributed by atoms with E-state index in [1.165, 1.54) is 16.7 Å². The molecular weight excluding hydrogens is 266 g/mol. The van der Waals surface area contributed by atoms with E-state index in [4.69, 9.17) is 0 Å². The molecule has 20 heavy (non-hydrogen) atoms. The Kier molecular flexibility index (Phi) is 3.99. The number of aromatic hydroxyl groups is 1. The van der Waals surface area contributed by atoms with Gasteiger partial charge in [0, 0.05) is 17.4 Å². The molecule has 2 N–H and O–H groups in total. The molecule has 1 atom stereocenters. The predicted molar refractivity (Wildman–Crippen MR) is 84.7 cm³/mol. The molecule has 0 spiro atoms. The maximum atomic E-state index is 10.2. The minimum Gasteiger partial charge on any atom is -0.507 e. The normalized spacial score (nSPS) is 18.4. The van der Waals surface area contributed by atoms with Crippen LogP contribution in [0, 0.1) is 0 Å². The first-order valence-electron chi connectivity index (χ1n) is 6.95. The molecule has 0 amide bonds. The van der Waals surface area contributed by atoms with Crippen LogP contribution < -0.4 is 5.32 Å². The fourth-order valence-electron chi connectivity index (χ4n) is 2.89. The summed E-state index contributed by atoms with van der Waals surface area (Å²) < 4.78 is 0. The highest BCUT2D eigenvalue weighted by molar-refractivity contribution is 7.98. The van der Waals surface area contributed by atoms with Crippen LogP contribution in [0.2, 0.25) is 0 Å². The number of phenols is 1. The molecule has 1 aliphatic heterocycles. The van der Waals surface area contributed by atoms with Crippen LogP contribution in [0.15, 0.2) is 47.4 Å². The molecule has 0 saturated heterocycles. The van der Waals surface area contributed by atoms with Gasteiger partial charge in [0.05, 0.1) is 0 Å². The largest absolute Gasteiger partial charge is 0.507 e. The van der Waals surface area contributed by atoms with Crippen LogP contribution in [0.1, 0.15) is 22.6 Å². The van der Waals surface area contributed by atoms with Crippen molar-refractivity contribution in [3.8, 4) is 5.75 Å². The number of hydrogen-bond acceptors (Lipinski definition) is 3. The van der Waals surface area contributed by atoms with Gasteiger partial charge in [-0.1, -0.05) is 30.3 Å². The first-order chi connectivity index (χ1) is 9.79. The quantitative estimate of drug-likeness (QED) is 0.830. The van der Waals surface area contributed by atoms with Gasteiger partial charge in [0.1, 0.15) is 5.75 Å². The minimum absolute atomic E-state index is 0.315. The summed E-state index contributed by atoms with van der Waals surface area (Å²) >= 11 is 1.60. The third-order valence-electron chi connectivity index (χ3n) is 3.94. The lowest BCUT2D eigenvalue weighted by molar-refractivity contribution is 0.461. The van der Waals surface area contributed by atoms with Crippen molar-refractivity contribution >= 4 is 11.8 Å². The lowest BCUT2D eigenvalue weighted by Crippen LogP contribution is -2.20. The topological polar surface area (TPSA) is 32.3 Å². The van der Waals surface area contributed by atoms with Crippen molar-refractivity contribution in [1.82, 2.24) is 5.32 Å². The van der Waals surface area contributed by atoms with Gasteiger partial charge in [-0.2, -0.15) is 0 Å². The van der Waals surface area contributed by atoms with Gasteiger partial charge in [0.15, 0.2) is 0 Å². The van der Waals surface area contributed by atoms with Crippen molar-refractivity contribution in [1.29, 1.82) is 0 Å². The van der Waals surface area contributed by atoms with E-state index in [1.807, 2.05) is 18.4 Å². The Bertz CT molecular complexity index is 597. The second-order valence-corrected chi connectivity index (χ2v) is 5.99. The number of benzene rings is 2. The summed E-state index contributed by atoms with van der Waals surface area (Å²) in [5.41, 5.74) is 3.92. The monoisotopic (exact) mass is 285 g/mol. The molecular formula is C17H19NOS. The molecule has 3 rings (SSSR count). The Labute approximate surface area is 124 Å². The van der Waals surface area contributed by atoms with Gasteiger partial charge in [-0.15, -0.1) is 11.8 Å². The summed E-state index contributed by atoms with van der Waals surface area (Å²) in [6.07, 6.45) is 3.03. The van der Waals surface area contributed by atoms with Crippen LogP contribution in [0.25, 0.3) is 0 Å². The third kappa shape index (κ3) is 2.56. The molecule has 1 aliphatic rings. The molecule has 2 aromatic carbocycles. The average Bonchev–Trinajstić information content (AvgIpc) is 2.69. The summed E-state index contributed by atoms with van der Waals surface area (Å²) in [7, 11) is 0. The van der Waals surface area contributed by atoms with Crippen molar-refractivity contribution in [2.24, 2.45) is 0 Å². The first kappa shape index (κ1) is 13.5. The van der Waals surface area contributed by atoms with E-state index in [1.54, 1.807) is 11.8 Å². The molecule has 0 fully saturated rings. The smallest absolute Gasteiger partial charge is 0.129 e. The molecule has 3 heteroatoms. The highest BCUT2D eigenvalue weighted by atomic mass is 32.2. The molecule has 0 aliphatic carbocycles. The molecule has 0 aromatic heterocycles. The Morgan fingerprint density at radius 1 is 1.20 bits per heavy atom. The Morgan fingerprint density at radius 3 is 2.75 bits per heavy atom. The van der Waals surface area contributed by atoms with Gasteiger partial charge >= 0.3 is 0 Å². The molecule has 1 unspecified atom stereocenters. The molecule has 2 aromatic rings. The SMILES string of the molecule is CSc1cc2c(cc1O)C(c1ccccc1)CNCC2. The van der Waals surface area contributed by atoms with Gasteiger partial charge in [-0.05, 0) is 48.0 Å². The van der Waals surface area contributed by atoms with Crippen LogP contribution in [-0.4, -0.2) is 24.5 Å². The van der Waals surface area contributed by atoms with Gasteiger partial charge < -0.3 is 10.4 Å². The van der Waals surface area contributed by atoms with Crippen LogP contribution in [0.5, 0.6) is 5.75 Å². The van der Waals surface area contributed by atoms with E-state index in [0.717, 1.165) is 24.4 Å². The van der Waals surface area contributed by atoms with Gasteiger partial charge in [-0.3, -0.25) is 0 Å². The lowest BCUT2D eigenvalue weighted by Gasteiger charge is -2.19. The fourth-order valence-corrected chi connectivity index (χ4v) is 3.42. The van der Waals surface area contributed by atoms with E-state index >= 15 is 0 Å². The zero-order valence-electron chi connectivity index (χ0n) is 11.6. The van der Waals surface area contributed by atoms with E-state index in [9.17, 15) is 5.11 Å². The second-order valence-electron chi connectivity index (χ2n) is 5.14. The van der Waals surface area contributed by atoms with Gasteiger partial charge in [-0.25, -0.2) is 0 Å². The second kappa shape index (κ2) is 5.90. The van der Waals surface area contributed by atoms with Crippen molar-refractivity contribution in [2.75, 3.05) is 19.3 Å². The zero-order chi connectivity index (χ0) is 13.9. The number of hydrogen-bond donors (Lipinski definition) is 2. The minimum atomic E-state index is 0.315. The van der Waals surface area contributed by atoms with Crippen molar-refractivity contribution in [3.63, 3.8) is 0 Å². The van der Waals surface area contributed by atoms with Crippen LogP contribution in [-0.2, 0) is 6.42 Å². The number of rotatable bonds is 2. The molecule has 104 valence electrons. The maximum absolute atomic E-state index is 10.2. The number of thioether (sulfide) groups is 1. The highest BCUT2D eigenvalue weighted by Gasteiger charge is 2.21.